The molecular weight excluding hydrogens is 1010 g/mol. The highest BCUT2D eigenvalue weighted by molar-refractivity contribution is 7.47. The topological polar surface area (TPSA) is 134 Å². The summed E-state index contributed by atoms with van der Waals surface area (Å²) in [5, 5.41) is 0. The Morgan fingerprint density at radius 1 is 0.388 bits per heavy atom. The fourth-order valence-corrected chi connectivity index (χ4v) is 10.4. The lowest BCUT2D eigenvalue weighted by Gasteiger charge is -2.19. The zero-order valence-corrected chi connectivity index (χ0v) is 52.9. The average molecular weight is 1140 g/mol. The van der Waals surface area contributed by atoms with E-state index in [1.165, 1.54) is 193 Å². The molecule has 2 atom stereocenters. The van der Waals surface area contributed by atoms with Crippen molar-refractivity contribution in [2.75, 3.05) is 26.4 Å². The molecule has 2 unspecified atom stereocenters. The van der Waals surface area contributed by atoms with E-state index in [0.29, 0.717) is 6.42 Å². The van der Waals surface area contributed by atoms with Crippen molar-refractivity contribution in [2.24, 2.45) is 5.73 Å². The molecule has 10 heteroatoms. The monoisotopic (exact) mass is 1140 g/mol. The summed E-state index contributed by atoms with van der Waals surface area (Å²) >= 11 is 0. The van der Waals surface area contributed by atoms with Gasteiger partial charge in [0.05, 0.1) is 13.2 Å². The molecule has 0 aromatic rings. The van der Waals surface area contributed by atoms with Crippen molar-refractivity contribution in [2.45, 2.75) is 322 Å². The second kappa shape index (κ2) is 65.3. The lowest BCUT2D eigenvalue weighted by Crippen LogP contribution is -2.29. The van der Waals surface area contributed by atoms with E-state index in [2.05, 4.69) is 98.9 Å². The van der Waals surface area contributed by atoms with Gasteiger partial charge >= 0.3 is 19.8 Å². The van der Waals surface area contributed by atoms with Crippen molar-refractivity contribution in [3.8, 4) is 0 Å². The predicted octanol–water partition coefficient (Wildman–Crippen LogP) is 21.8. The molecule has 0 aliphatic rings. The number of phosphoric ester groups is 1. The SMILES string of the molecule is CC/C=C\C/C=C\C/C=C\C/C=C\C/C=C\C/C=C\C/C=C\CCCCCCCCCCCCCC(=O)OC(COC(=O)CCCCCCCCCCCCCCCCCCCCCCCCCCCC)COP(=O)(O)OCCN. The quantitative estimate of drug-likeness (QED) is 0.0264. The van der Waals surface area contributed by atoms with Gasteiger partial charge in [0.2, 0.25) is 0 Å². The van der Waals surface area contributed by atoms with Crippen LogP contribution >= 0.6 is 7.82 Å². The van der Waals surface area contributed by atoms with E-state index in [-0.39, 0.29) is 38.6 Å². The van der Waals surface area contributed by atoms with E-state index >= 15 is 0 Å². The van der Waals surface area contributed by atoms with Crippen molar-refractivity contribution in [1.29, 1.82) is 0 Å². The van der Waals surface area contributed by atoms with E-state index < -0.39 is 26.5 Å². The Bertz CT molecular complexity index is 1590. The number of esters is 2. The fourth-order valence-electron chi connectivity index (χ4n) is 9.62. The molecule has 80 heavy (non-hydrogen) atoms. The second-order valence-electron chi connectivity index (χ2n) is 22.3. The number of allylic oxidation sites excluding steroid dienone is 14. The second-order valence-corrected chi connectivity index (χ2v) is 23.8. The first kappa shape index (κ1) is 77.2. The first-order valence-electron chi connectivity index (χ1n) is 33.6. The Kier molecular flexibility index (Phi) is 63.0. The van der Waals surface area contributed by atoms with Gasteiger partial charge in [-0.25, -0.2) is 4.57 Å². The van der Waals surface area contributed by atoms with E-state index in [4.69, 9.17) is 24.3 Å². The fraction of sp³-hybridized carbons (Fsp3) is 0.771. The molecule has 0 saturated carbocycles. The normalized spacial score (nSPS) is 13.5. The Labute approximate surface area is 494 Å². The number of phosphoric acid groups is 1. The zero-order chi connectivity index (χ0) is 58.0. The third-order valence-corrected chi connectivity index (χ3v) is 15.5. The van der Waals surface area contributed by atoms with Gasteiger partial charge < -0.3 is 20.1 Å². The molecule has 9 nitrogen and oxygen atoms in total. The highest BCUT2D eigenvalue weighted by Crippen LogP contribution is 2.43. The van der Waals surface area contributed by atoms with Crippen LogP contribution in [0.2, 0.25) is 0 Å². The van der Waals surface area contributed by atoms with Crippen LogP contribution in [0.4, 0.5) is 0 Å². The summed E-state index contributed by atoms with van der Waals surface area (Å²) in [4.78, 5) is 35.3. The van der Waals surface area contributed by atoms with Gasteiger partial charge in [0.1, 0.15) is 6.61 Å². The van der Waals surface area contributed by atoms with E-state index in [9.17, 15) is 19.0 Å². The molecule has 0 aromatic carbocycles. The molecule has 3 N–H and O–H groups in total. The zero-order valence-electron chi connectivity index (χ0n) is 52.1. The highest BCUT2D eigenvalue weighted by atomic mass is 31.2. The van der Waals surface area contributed by atoms with Crippen LogP contribution in [0.25, 0.3) is 0 Å². The number of hydrogen-bond acceptors (Lipinski definition) is 8. The molecule has 0 fully saturated rings. The molecule has 0 heterocycles. The largest absolute Gasteiger partial charge is 0.472 e. The maximum Gasteiger partial charge on any atom is 0.472 e. The van der Waals surface area contributed by atoms with Crippen molar-refractivity contribution in [3.05, 3.63) is 85.1 Å². The van der Waals surface area contributed by atoms with Crippen LogP contribution in [-0.4, -0.2) is 49.3 Å². The minimum Gasteiger partial charge on any atom is -0.462 e. The van der Waals surface area contributed by atoms with Crippen LogP contribution in [0.15, 0.2) is 85.1 Å². The van der Waals surface area contributed by atoms with Gasteiger partial charge in [0.15, 0.2) is 6.10 Å². The molecule has 0 saturated heterocycles. The predicted molar refractivity (Wildman–Crippen MR) is 344 cm³/mol. The van der Waals surface area contributed by atoms with Crippen molar-refractivity contribution >= 4 is 19.8 Å². The third-order valence-electron chi connectivity index (χ3n) is 14.5. The molecule has 0 rings (SSSR count). The van der Waals surface area contributed by atoms with Crippen LogP contribution in [0.5, 0.6) is 0 Å². The number of carbonyl (C=O) groups is 2. The van der Waals surface area contributed by atoms with Crippen LogP contribution < -0.4 is 5.73 Å². The Morgan fingerprint density at radius 3 is 1.02 bits per heavy atom. The van der Waals surface area contributed by atoms with E-state index in [1.54, 1.807) is 0 Å². The summed E-state index contributed by atoms with van der Waals surface area (Å²) in [6.07, 6.45) is 86.6. The molecule has 0 aromatic heterocycles. The van der Waals surface area contributed by atoms with Crippen LogP contribution in [0.3, 0.4) is 0 Å². The van der Waals surface area contributed by atoms with Crippen LogP contribution in [0.1, 0.15) is 316 Å². The van der Waals surface area contributed by atoms with Crippen LogP contribution in [0, 0.1) is 0 Å². The summed E-state index contributed by atoms with van der Waals surface area (Å²) in [6.45, 7) is 3.67. The summed E-state index contributed by atoms with van der Waals surface area (Å²) in [7, 11) is -4.40. The number of nitrogens with two attached hydrogens (primary N) is 1. The minimum atomic E-state index is -4.40. The molecular formula is C70H126NO8P. The number of hydrogen-bond donors (Lipinski definition) is 2. The van der Waals surface area contributed by atoms with Gasteiger partial charge in [-0.2, -0.15) is 0 Å². The number of ether oxygens (including phenoxy) is 2. The Morgan fingerprint density at radius 2 is 0.688 bits per heavy atom. The number of unbranched alkanes of at least 4 members (excludes halogenated alkanes) is 36. The molecule has 0 bridgehead atoms. The van der Waals surface area contributed by atoms with Gasteiger partial charge in [-0.3, -0.25) is 18.6 Å². The first-order valence-corrected chi connectivity index (χ1v) is 35.1. The average Bonchev–Trinajstić information content (AvgIpc) is 3.45. The smallest absolute Gasteiger partial charge is 0.462 e. The molecule has 0 spiro atoms. The Hall–Kier alpha value is -2.81. The van der Waals surface area contributed by atoms with Gasteiger partial charge in [0.25, 0.3) is 0 Å². The lowest BCUT2D eigenvalue weighted by atomic mass is 10.0. The number of carbonyl (C=O) groups excluding carboxylic acids is 2. The van der Waals surface area contributed by atoms with Crippen molar-refractivity contribution in [1.82, 2.24) is 0 Å². The van der Waals surface area contributed by atoms with E-state index in [1.807, 2.05) is 0 Å². The maximum atomic E-state index is 12.8. The molecule has 0 amide bonds. The van der Waals surface area contributed by atoms with Crippen LogP contribution in [-0.2, 0) is 32.7 Å². The summed E-state index contributed by atoms with van der Waals surface area (Å²) in [5.41, 5.74) is 5.40. The van der Waals surface area contributed by atoms with Crippen molar-refractivity contribution < 1.29 is 37.6 Å². The van der Waals surface area contributed by atoms with Gasteiger partial charge in [-0.05, 0) is 70.6 Å². The summed E-state index contributed by atoms with van der Waals surface area (Å²) in [5.74, 6) is -0.820. The molecule has 0 aliphatic heterocycles. The molecule has 0 radical (unpaired) electrons. The first-order chi connectivity index (χ1) is 39.3. The maximum absolute atomic E-state index is 12.8. The lowest BCUT2D eigenvalue weighted by molar-refractivity contribution is -0.161. The summed E-state index contributed by atoms with van der Waals surface area (Å²) in [6, 6.07) is 0. The molecule has 464 valence electrons. The third kappa shape index (κ3) is 64.4. The van der Waals surface area contributed by atoms with E-state index in [0.717, 1.165) is 89.9 Å². The van der Waals surface area contributed by atoms with Crippen molar-refractivity contribution in [3.63, 3.8) is 0 Å². The standard InChI is InChI=1S/C70H126NO8P/c1-3-5-7-9-11-13-15-17-19-21-23-25-27-29-31-32-33-34-35-36-37-39-41-43-45-47-49-51-53-55-57-59-61-63-70(73)79-68(67-78-80(74,75)77-65-64-71)66-76-69(72)62-60-58-56-54-52-50-48-46-44-42-40-38-30-28-26-24-22-20-18-16-14-12-10-8-6-4-2/h5,7,11,13,17,19,23,25,29,31,33-34,36-37,68H,3-4,6,8-10,12,14-16,18,20-22,24,26-28,30,32,35,38-67,71H2,1-2H3,(H,74,75)/b7-5-,13-11-,19-17-,25-23-,31-29-,34-33-,37-36-. The minimum absolute atomic E-state index is 0.0515. The summed E-state index contributed by atoms with van der Waals surface area (Å²) < 4.78 is 33.2. The highest BCUT2D eigenvalue weighted by Gasteiger charge is 2.26. The van der Waals surface area contributed by atoms with Gasteiger partial charge in [-0.15, -0.1) is 0 Å². The number of rotatable bonds is 63. The van der Waals surface area contributed by atoms with Gasteiger partial charge in [0, 0.05) is 19.4 Å². The molecule has 0 aliphatic carbocycles. The van der Waals surface area contributed by atoms with Gasteiger partial charge in [-0.1, -0.05) is 317 Å². The Balaban J connectivity index is 3.91.